The Labute approximate surface area is 259 Å². The summed E-state index contributed by atoms with van der Waals surface area (Å²) < 4.78 is 15.5. The van der Waals surface area contributed by atoms with Crippen molar-refractivity contribution in [2.24, 2.45) is 0 Å². The zero-order valence-corrected chi connectivity index (χ0v) is 25.7. The normalized spacial score (nSPS) is 13.0. The molecule has 2 aromatic carbocycles. The first-order chi connectivity index (χ1) is 21.4. The van der Waals surface area contributed by atoms with Gasteiger partial charge in [0, 0.05) is 39.7 Å². The van der Waals surface area contributed by atoms with Crippen LogP contribution in [0.15, 0.2) is 54.6 Å². The molecule has 44 heavy (non-hydrogen) atoms. The van der Waals surface area contributed by atoms with Gasteiger partial charge in [0.1, 0.15) is 6.61 Å². The molecule has 11 heteroatoms. The molecule has 0 spiro atoms. The van der Waals surface area contributed by atoms with E-state index < -0.39 is 11.9 Å². The van der Waals surface area contributed by atoms with E-state index in [1.54, 1.807) is 16.9 Å². The summed E-state index contributed by atoms with van der Waals surface area (Å²) >= 11 is 0. The molecule has 0 atom stereocenters. The molecule has 11 nitrogen and oxygen atoms in total. The number of carbonyl (C=O) groups is 4. The van der Waals surface area contributed by atoms with E-state index in [2.05, 4.69) is 29.7 Å². The van der Waals surface area contributed by atoms with Gasteiger partial charge >= 0.3 is 5.97 Å². The molecule has 3 rings (SSSR count). The summed E-state index contributed by atoms with van der Waals surface area (Å²) in [6.07, 6.45) is 4.13. The first-order valence-electron chi connectivity index (χ1n) is 15.2. The van der Waals surface area contributed by atoms with Crippen LogP contribution in [0.1, 0.15) is 42.4 Å². The van der Waals surface area contributed by atoms with Crippen LogP contribution in [-0.2, 0) is 57.5 Å². The highest BCUT2D eigenvalue weighted by molar-refractivity contribution is 5.83. The number of nitrogens with one attached hydrogen (secondary N) is 1. The minimum atomic E-state index is -0.685. The summed E-state index contributed by atoms with van der Waals surface area (Å²) in [7, 11) is 1.60. The zero-order valence-electron chi connectivity index (χ0n) is 25.7. The molecule has 0 bridgehead atoms. The topological polar surface area (TPSA) is 124 Å². The summed E-state index contributed by atoms with van der Waals surface area (Å²) in [5, 5.41) is 0. The molecule has 1 aliphatic heterocycles. The summed E-state index contributed by atoms with van der Waals surface area (Å²) in [6, 6.07) is 18.3. The van der Waals surface area contributed by atoms with Crippen molar-refractivity contribution in [3.63, 3.8) is 0 Å². The molecule has 1 N–H and O–H groups in total. The first kappa shape index (κ1) is 34.7. The van der Waals surface area contributed by atoms with Gasteiger partial charge in [0.05, 0.1) is 39.3 Å². The second kappa shape index (κ2) is 20.2. The molecule has 0 unspecified atom stereocenters. The first-order valence-corrected chi connectivity index (χ1v) is 15.2. The van der Waals surface area contributed by atoms with E-state index in [1.807, 2.05) is 30.3 Å². The fraction of sp³-hybridized carbons (Fsp3) is 0.515. The van der Waals surface area contributed by atoms with E-state index >= 15 is 0 Å². The Bertz CT molecular complexity index is 1150. The van der Waals surface area contributed by atoms with Crippen LogP contribution in [0.3, 0.4) is 0 Å². The number of hydrogen-bond acceptors (Lipinski definition) is 8. The van der Waals surface area contributed by atoms with Crippen LogP contribution >= 0.6 is 0 Å². The van der Waals surface area contributed by atoms with Gasteiger partial charge in [-0.25, -0.2) is 4.79 Å². The van der Waals surface area contributed by atoms with Crippen molar-refractivity contribution in [1.82, 2.24) is 15.3 Å². The molecule has 0 aliphatic carbocycles. The fourth-order valence-electron chi connectivity index (χ4n) is 4.70. The van der Waals surface area contributed by atoms with E-state index in [0.717, 1.165) is 31.2 Å². The molecule has 1 aliphatic rings. The number of ether oxygens (including phenoxy) is 3. The molecule has 240 valence electrons. The number of nitrogens with zero attached hydrogens (tertiary/aromatic N) is 2. The monoisotopic (exact) mass is 611 g/mol. The van der Waals surface area contributed by atoms with Gasteiger partial charge in [0.15, 0.2) is 0 Å². The Balaban J connectivity index is 1.22. The van der Waals surface area contributed by atoms with Gasteiger partial charge < -0.3 is 28.8 Å². The van der Waals surface area contributed by atoms with Crippen molar-refractivity contribution in [2.45, 2.75) is 44.9 Å². The second-order valence-electron chi connectivity index (χ2n) is 10.6. The van der Waals surface area contributed by atoms with Crippen LogP contribution in [-0.4, -0.2) is 99.8 Å². The predicted octanol–water partition coefficient (Wildman–Crippen LogP) is 2.50. The predicted molar refractivity (Wildman–Crippen MR) is 163 cm³/mol. The summed E-state index contributed by atoms with van der Waals surface area (Å²) in [4.78, 5) is 57.3. The van der Waals surface area contributed by atoms with E-state index in [-0.39, 0.29) is 37.7 Å². The lowest BCUT2D eigenvalue weighted by molar-refractivity contribution is -0.159. The van der Waals surface area contributed by atoms with Crippen molar-refractivity contribution in [2.75, 3.05) is 66.3 Å². The number of rotatable bonds is 18. The number of carbonyl (C=O) groups excluding carboxylic acids is 4. The minimum Gasteiger partial charge on any atom is -0.382 e. The van der Waals surface area contributed by atoms with Crippen molar-refractivity contribution in [3.05, 3.63) is 71.3 Å². The molecule has 0 aromatic heterocycles. The lowest BCUT2D eigenvalue weighted by Gasteiger charge is -2.34. The number of amides is 3. The number of hydrogen-bond donors (Lipinski definition) is 1. The Kier molecular flexibility index (Phi) is 15.9. The molecular weight excluding hydrogens is 566 g/mol. The highest BCUT2D eigenvalue weighted by atomic mass is 16.7. The number of methoxy groups -OCH3 is 1. The van der Waals surface area contributed by atoms with Crippen LogP contribution < -0.4 is 5.48 Å². The summed E-state index contributed by atoms with van der Waals surface area (Å²) in [5.41, 5.74) is 5.56. The van der Waals surface area contributed by atoms with Gasteiger partial charge in [0.25, 0.3) is 5.91 Å². The van der Waals surface area contributed by atoms with E-state index in [1.165, 1.54) is 11.1 Å². The van der Waals surface area contributed by atoms with Gasteiger partial charge in [-0.05, 0) is 42.4 Å². The van der Waals surface area contributed by atoms with E-state index in [9.17, 15) is 19.2 Å². The van der Waals surface area contributed by atoms with Crippen molar-refractivity contribution in [1.29, 1.82) is 0 Å². The Morgan fingerprint density at radius 3 is 1.91 bits per heavy atom. The maximum Gasteiger partial charge on any atom is 0.332 e. The maximum absolute atomic E-state index is 12.5. The molecule has 0 saturated carbocycles. The SMILES string of the molecule is COCCOCCOCC(=O)N1CCN(C(=O)CCC(=O)ONC(=O)Cc2ccc(CCCCc3ccccc3)cc2)CC1. The van der Waals surface area contributed by atoms with Gasteiger partial charge in [-0.1, -0.05) is 54.6 Å². The summed E-state index contributed by atoms with van der Waals surface area (Å²) in [6.45, 7) is 3.19. The van der Waals surface area contributed by atoms with Gasteiger partial charge in [-0.2, -0.15) is 5.48 Å². The lowest BCUT2D eigenvalue weighted by Crippen LogP contribution is -2.51. The maximum atomic E-state index is 12.5. The van der Waals surface area contributed by atoms with Crippen molar-refractivity contribution >= 4 is 23.7 Å². The summed E-state index contributed by atoms with van der Waals surface area (Å²) in [5.74, 6) is -1.47. The number of piperazine rings is 1. The Morgan fingerprint density at radius 1 is 0.682 bits per heavy atom. The molecule has 1 fully saturated rings. The molecule has 3 amide bonds. The van der Waals surface area contributed by atoms with E-state index in [4.69, 9.17) is 19.0 Å². The highest BCUT2D eigenvalue weighted by Gasteiger charge is 2.24. The molecule has 1 saturated heterocycles. The minimum absolute atomic E-state index is 0.0400. The number of aryl methyl sites for hydroxylation is 2. The Morgan fingerprint density at radius 2 is 1.25 bits per heavy atom. The van der Waals surface area contributed by atoms with Crippen LogP contribution in [0.5, 0.6) is 0 Å². The van der Waals surface area contributed by atoms with Crippen LogP contribution in [0.2, 0.25) is 0 Å². The fourth-order valence-corrected chi connectivity index (χ4v) is 4.70. The quantitative estimate of drug-likeness (QED) is 0.202. The molecule has 0 radical (unpaired) electrons. The third-order valence-electron chi connectivity index (χ3n) is 7.25. The second-order valence-corrected chi connectivity index (χ2v) is 10.6. The average molecular weight is 612 g/mol. The Hall–Kier alpha value is -3.80. The van der Waals surface area contributed by atoms with Gasteiger partial charge in [-0.15, -0.1) is 0 Å². The van der Waals surface area contributed by atoms with Crippen molar-refractivity contribution in [3.8, 4) is 0 Å². The highest BCUT2D eigenvalue weighted by Crippen LogP contribution is 2.11. The van der Waals surface area contributed by atoms with Crippen LogP contribution in [0.4, 0.5) is 0 Å². The third kappa shape index (κ3) is 13.7. The molecule has 2 aromatic rings. The lowest BCUT2D eigenvalue weighted by atomic mass is 10.0. The van der Waals surface area contributed by atoms with Gasteiger partial charge in [0.2, 0.25) is 11.8 Å². The van der Waals surface area contributed by atoms with Crippen molar-refractivity contribution < 1.29 is 38.2 Å². The van der Waals surface area contributed by atoms with Crippen LogP contribution in [0, 0.1) is 0 Å². The standard InChI is InChI=1S/C33H45N3O8/c1-41-21-22-42-23-24-43-26-32(39)36-19-17-35(18-20-36)31(38)15-16-33(40)44-34-30(37)25-29-13-11-28(12-14-29)10-6-5-9-27-7-3-2-4-8-27/h2-4,7-8,11-14H,5-6,9-10,15-26H2,1H3,(H,34,37). The number of hydroxylamine groups is 1. The number of unbranched alkanes of at least 4 members (excludes halogenated alkanes) is 1. The molecular formula is C33H45N3O8. The van der Waals surface area contributed by atoms with E-state index in [0.29, 0.717) is 52.6 Å². The molecule has 1 heterocycles. The zero-order chi connectivity index (χ0) is 31.4. The van der Waals surface area contributed by atoms with Gasteiger partial charge in [-0.3, -0.25) is 14.4 Å². The number of benzene rings is 2. The van der Waals surface area contributed by atoms with Crippen LogP contribution in [0.25, 0.3) is 0 Å². The third-order valence-corrected chi connectivity index (χ3v) is 7.25. The largest absolute Gasteiger partial charge is 0.382 e. The smallest absolute Gasteiger partial charge is 0.332 e. The average Bonchev–Trinajstić information content (AvgIpc) is 3.05.